The Morgan fingerprint density at radius 3 is 2.28 bits per heavy atom. The van der Waals surface area contributed by atoms with E-state index in [0.29, 0.717) is 21.8 Å². The van der Waals surface area contributed by atoms with E-state index in [9.17, 15) is 23.2 Å². The van der Waals surface area contributed by atoms with Crippen molar-refractivity contribution < 1.29 is 18.4 Å². The van der Waals surface area contributed by atoms with Gasteiger partial charge in [-0.15, -0.1) is 11.3 Å². The summed E-state index contributed by atoms with van der Waals surface area (Å²) < 4.78 is 28.1. The number of aromatic nitrogens is 2. The molecule has 0 unspecified atom stereocenters. The van der Waals surface area contributed by atoms with Gasteiger partial charge in [0.2, 0.25) is 11.7 Å². The lowest BCUT2D eigenvalue weighted by Crippen LogP contribution is -2.37. The third-order valence-electron chi connectivity index (χ3n) is 5.58. The fraction of sp³-hybridized carbons (Fsp3) is 0.154. The van der Waals surface area contributed by atoms with Crippen molar-refractivity contribution in [2.45, 2.75) is 19.5 Å². The molecule has 2 N–H and O–H groups in total. The van der Waals surface area contributed by atoms with Gasteiger partial charge in [0.25, 0.3) is 5.56 Å². The highest BCUT2D eigenvalue weighted by molar-refractivity contribution is 7.09. The summed E-state index contributed by atoms with van der Waals surface area (Å²) >= 11 is 1.19. The van der Waals surface area contributed by atoms with Crippen molar-refractivity contribution in [3.05, 3.63) is 104 Å². The number of carbonyl (C=O) groups is 2. The van der Waals surface area contributed by atoms with Gasteiger partial charge in [-0.3, -0.25) is 19.0 Å². The molecule has 4 rings (SSSR count). The molecule has 0 spiro atoms. The molecule has 2 heterocycles. The highest BCUT2D eigenvalue weighted by atomic mass is 32.1. The van der Waals surface area contributed by atoms with Crippen molar-refractivity contribution in [1.82, 2.24) is 14.9 Å². The Balaban J connectivity index is 1.70. The number of halogens is 2. The minimum atomic E-state index is -0.520. The first kappa shape index (κ1) is 25.1. The lowest BCUT2D eigenvalue weighted by atomic mass is 10.1. The number of ketones is 1. The number of pyridine rings is 1. The first-order chi connectivity index (χ1) is 17.3. The predicted octanol–water partition coefficient (Wildman–Crippen LogP) is 4.08. The van der Waals surface area contributed by atoms with Gasteiger partial charge >= 0.3 is 0 Å². The number of likely N-dealkylation sites (N-methyl/N-ethyl adjacent to an activating group) is 1. The van der Waals surface area contributed by atoms with E-state index in [-0.39, 0.29) is 29.6 Å². The smallest absolute Gasteiger partial charge is 0.275 e. The van der Waals surface area contributed by atoms with Crippen LogP contribution >= 0.6 is 11.3 Å². The van der Waals surface area contributed by atoms with Crippen molar-refractivity contribution in [2.24, 2.45) is 0 Å². The van der Waals surface area contributed by atoms with E-state index in [1.54, 1.807) is 37.6 Å². The van der Waals surface area contributed by atoms with Crippen LogP contribution in [0.2, 0.25) is 0 Å². The maximum absolute atomic E-state index is 13.5. The maximum Gasteiger partial charge on any atom is 0.275 e. The molecule has 0 bridgehead atoms. The first-order valence-electron chi connectivity index (χ1n) is 11.0. The van der Waals surface area contributed by atoms with Crippen molar-refractivity contribution in [3.8, 4) is 11.3 Å². The monoisotopic (exact) mass is 508 g/mol. The fourth-order valence-corrected chi connectivity index (χ4v) is 4.21. The topological polar surface area (TPSA) is 93.1 Å². The van der Waals surface area contributed by atoms with Crippen molar-refractivity contribution in [1.29, 1.82) is 0 Å². The van der Waals surface area contributed by atoms with E-state index in [1.807, 2.05) is 0 Å². The number of hydrogen-bond acceptors (Lipinski definition) is 6. The molecule has 10 heteroatoms. The number of amides is 1. The molecule has 2 aromatic carbocycles. The predicted molar refractivity (Wildman–Crippen MR) is 134 cm³/mol. The van der Waals surface area contributed by atoms with E-state index >= 15 is 0 Å². The molecule has 0 aliphatic rings. The Morgan fingerprint density at radius 1 is 1.00 bits per heavy atom. The summed E-state index contributed by atoms with van der Waals surface area (Å²) in [4.78, 5) is 42.9. The van der Waals surface area contributed by atoms with Crippen LogP contribution in [0.4, 0.5) is 14.5 Å². The molecule has 184 valence electrons. The fourth-order valence-electron chi connectivity index (χ4n) is 3.45. The third-order valence-corrected chi connectivity index (χ3v) is 6.42. The number of thiazole rings is 1. The van der Waals surface area contributed by atoms with Gasteiger partial charge in [-0.1, -0.05) is 0 Å². The molecule has 36 heavy (non-hydrogen) atoms. The van der Waals surface area contributed by atoms with E-state index < -0.39 is 23.2 Å². The second-order valence-corrected chi connectivity index (χ2v) is 8.94. The van der Waals surface area contributed by atoms with Crippen LogP contribution in [0.3, 0.4) is 0 Å². The molecule has 0 aliphatic heterocycles. The van der Waals surface area contributed by atoms with Crippen LogP contribution in [0.25, 0.3) is 11.3 Å². The van der Waals surface area contributed by atoms with Gasteiger partial charge in [-0.2, -0.15) is 0 Å². The zero-order chi connectivity index (χ0) is 25.8. The lowest BCUT2D eigenvalue weighted by Gasteiger charge is -2.16. The average molecular weight is 509 g/mol. The zero-order valence-electron chi connectivity index (χ0n) is 19.4. The average Bonchev–Trinajstić information content (AvgIpc) is 3.35. The van der Waals surface area contributed by atoms with Crippen molar-refractivity contribution in [2.75, 3.05) is 12.4 Å². The van der Waals surface area contributed by atoms with E-state index in [2.05, 4.69) is 15.6 Å². The number of nitrogens with zero attached hydrogens (tertiary/aromatic N) is 2. The molecule has 1 atom stereocenters. The third kappa shape index (κ3) is 5.45. The minimum absolute atomic E-state index is 0.0121. The van der Waals surface area contributed by atoms with Gasteiger partial charge in [-0.25, -0.2) is 13.8 Å². The Kier molecular flexibility index (Phi) is 7.47. The summed E-state index contributed by atoms with van der Waals surface area (Å²) in [5.41, 5.74) is 1.14. The molecule has 0 radical (unpaired) electrons. The molecule has 1 amide bonds. The normalized spacial score (nSPS) is 11.8. The summed E-state index contributed by atoms with van der Waals surface area (Å²) in [6.07, 6.45) is 0. The molecule has 0 saturated heterocycles. The van der Waals surface area contributed by atoms with Crippen LogP contribution in [0.1, 0.15) is 28.0 Å². The van der Waals surface area contributed by atoms with Gasteiger partial charge in [0.05, 0.1) is 18.3 Å². The molecule has 2 aromatic heterocycles. The Labute approximate surface area is 209 Å². The van der Waals surface area contributed by atoms with Crippen molar-refractivity contribution in [3.63, 3.8) is 0 Å². The quantitative estimate of drug-likeness (QED) is 0.350. The summed E-state index contributed by atoms with van der Waals surface area (Å²) in [7, 11) is 1.63. The van der Waals surface area contributed by atoms with Gasteiger partial charge < -0.3 is 10.6 Å². The summed E-state index contributed by atoms with van der Waals surface area (Å²) in [6.45, 7) is 1.67. The van der Waals surface area contributed by atoms with Crippen LogP contribution in [0.15, 0.2) is 70.8 Å². The largest absolute Gasteiger partial charge is 0.320 e. The van der Waals surface area contributed by atoms with Crippen LogP contribution in [-0.4, -0.2) is 34.3 Å². The Bertz CT molecular complexity index is 1460. The van der Waals surface area contributed by atoms with Crippen LogP contribution in [-0.2, 0) is 11.3 Å². The van der Waals surface area contributed by atoms with Crippen LogP contribution < -0.4 is 16.2 Å². The molecular formula is C26H22F2N4O3S. The Hall–Kier alpha value is -4.02. The van der Waals surface area contributed by atoms with Gasteiger partial charge in [0, 0.05) is 10.9 Å². The molecule has 0 fully saturated rings. The van der Waals surface area contributed by atoms with Crippen LogP contribution in [0, 0.1) is 11.6 Å². The summed E-state index contributed by atoms with van der Waals surface area (Å²) in [5, 5.41) is 7.49. The minimum Gasteiger partial charge on any atom is -0.320 e. The number of nitrogens with one attached hydrogen (secondary N) is 2. The number of benzene rings is 2. The highest BCUT2D eigenvalue weighted by Gasteiger charge is 2.18. The van der Waals surface area contributed by atoms with E-state index in [4.69, 9.17) is 0 Å². The zero-order valence-corrected chi connectivity index (χ0v) is 20.2. The highest BCUT2D eigenvalue weighted by Crippen LogP contribution is 2.23. The molecular weight excluding hydrogens is 486 g/mol. The van der Waals surface area contributed by atoms with Gasteiger partial charge in [0.1, 0.15) is 28.0 Å². The number of carbonyl (C=O) groups excluding carboxylic acids is 2. The van der Waals surface area contributed by atoms with Crippen molar-refractivity contribution >= 4 is 28.7 Å². The van der Waals surface area contributed by atoms with Crippen LogP contribution in [0.5, 0.6) is 0 Å². The van der Waals surface area contributed by atoms with E-state index in [0.717, 1.165) is 0 Å². The maximum atomic E-state index is 13.5. The lowest BCUT2D eigenvalue weighted by molar-refractivity contribution is -0.117. The van der Waals surface area contributed by atoms with Gasteiger partial charge in [0.15, 0.2) is 0 Å². The first-order valence-corrected chi connectivity index (χ1v) is 11.9. The second kappa shape index (κ2) is 10.7. The Morgan fingerprint density at radius 2 is 1.64 bits per heavy atom. The number of rotatable bonds is 8. The van der Waals surface area contributed by atoms with Gasteiger partial charge in [-0.05, 0) is 80.2 Å². The summed E-state index contributed by atoms with van der Waals surface area (Å²) in [5.74, 6) is -1.61. The molecule has 0 aliphatic carbocycles. The summed E-state index contributed by atoms with van der Waals surface area (Å²) in [6, 6.07) is 13.5. The standard InChI is InChI=1S/C26H22F2N4O3S/c1-15(29-2)25(34)31-20-11-12-22(16-3-7-18(27)8-4-16)32(26(20)35)13-23-30-21(14-36-23)24(33)17-5-9-19(28)10-6-17/h3-12,14-15,29H,13H2,1-2H3,(H,31,34)/t15-/m0/s1. The SMILES string of the molecule is CN[C@@H](C)C(=O)Nc1ccc(-c2ccc(F)cc2)n(Cc2nc(C(=O)c3ccc(F)cc3)cs2)c1=O. The molecule has 7 nitrogen and oxygen atoms in total. The second-order valence-electron chi connectivity index (χ2n) is 7.99. The molecule has 0 saturated carbocycles. The number of anilines is 1. The molecule has 4 aromatic rings. The van der Waals surface area contributed by atoms with E-state index in [1.165, 1.54) is 58.4 Å². The number of hydrogen-bond donors (Lipinski definition) is 2.